The second-order valence-electron chi connectivity index (χ2n) is 3.29. The van der Waals surface area contributed by atoms with Crippen molar-refractivity contribution in [2.75, 3.05) is 11.9 Å². The number of hydrogen-bond donors (Lipinski definition) is 1. The summed E-state index contributed by atoms with van der Waals surface area (Å²) in [4.78, 5) is 0. The van der Waals surface area contributed by atoms with Gasteiger partial charge in [-0.1, -0.05) is 28.1 Å². The zero-order valence-electron chi connectivity index (χ0n) is 8.40. The molecule has 0 saturated carbocycles. The minimum Gasteiger partial charge on any atom is -0.313 e. The summed E-state index contributed by atoms with van der Waals surface area (Å²) in [5.41, 5.74) is 0.383. The van der Waals surface area contributed by atoms with Crippen LogP contribution in [-0.2, 0) is 6.54 Å². The fourth-order valence-corrected chi connectivity index (χ4v) is 1.65. The molecule has 0 atom stereocenters. The summed E-state index contributed by atoms with van der Waals surface area (Å²) in [5, 5.41) is 4.05. The van der Waals surface area contributed by atoms with Gasteiger partial charge in [-0.15, -0.1) is 0 Å². The van der Waals surface area contributed by atoms with Gasteiger partial charge in [-0.2, -0.15) is 0 Å². The molecule has 0 fully saturated rings. The number of rotatable bonds is 6. The number of benzene rings is 1. The van der Waals surface area contributed by atoms with Crippen LogP contribution >= 0.6 is 15.9 Å². The molecule has 0 saturated heterocycles. The number of unbranched alkanes of at least 4 members (excludes halogenated alkanes) is 1. The summed E-state index contributed by atoms with van der Waals surface area (Å²) in [6.45, 7) is 1.20. The van der Waals surface area contributed by atoms with Crippen molar-refractivity contribution >= 4 is 15.9 Å². The van der Waals surface area contributed by atoms with E-state index in [0.717, 1.165) is 30.8 Å². The predicted octanol–water partition coefficient (Wildman–Crippen LogP) is 3.23. The van der Waals surface area contributed by atoms with E-state index in [9.17, 15) is 8.78 Å². The van der Waals surface area contributed by atoms with E-state index in [0.29, 0.717) is 12.1 Å². The van der Waals surface area contributed by atoms with Crippen LogP contribution in [0.5, 0.6) is 0 Å². The van der Waals surface area contributed by atoms with E-state index in [-0.39, 0.29) is 0 Å². The summed E-state index contributed by atoms with van der Waals surface area (Å²) >= 11 is 3.33. The molecule has 4 heteroatoms. The van der Waals surface area contributed by atoms with E-state index >= 15 is 0 Å². The van der Waals surface area contributed by atoms with Crippen molar-refractivity contribution in [1.29, 1.82) is 0 Å². The monoisotopic (exact) mass is 277 g/mol. The zero-order valence-corrected chi connectivity index (χ0v) is 9.99. The average Bonchev–Trinajstić information content (AvgIpc) is 2.24. The van der Waals surface area contributed by atoms with Gasteiger partial charge < -0.3 is 5.32 Å². The quantitative estimate of drug-likeness (QED) is 0.622. The Balaban J connectivity index is 2.34. The van der Waals surface area contributed by atoms with Crippen LogP contribution < -0.4 is 5.32 Å². The highest BCUT2D eigenvalue weighted by molar-refractivity contribution is 9.09. The van der Waals surface area contributed by atoms with Gasteiger partial charge in [0.2, 0.25) is 0 Å². The molecule has 0 aromatic heterocycles. The Morgan fingerprint density at radius 1 is 1.20 bits per heavy atom. The third-order valence-electron chi connectivity index (χ3n) is 2.08. The molecule has 1 aromatic carbocycles. The first-order valence-electron chi connectivity index (χ1n) is 4.95. The van der Waals surface area contributed by atoms with Crippen LogP contribution in [0.3, 0.4) is 0 Å². The van der Waals surface area contributed by atoms with Crippen molar-refractivity contribution in [1.82, 2.24) is 5.32 Å². The van der Waals surface area contributed by atoms with Gasteiger partial charge in [-0.05, 0) is 25.5 Å². The van der Waals surface area contributed by atoms with Crippen LogP contribution in [0.25, 0.3) is 0 Å². The lowest BCUT2D eigenvalue weighted by atomic mass is 10.2. The fraction of sp³-hybridized carbons (Fsp3) is 0.455. The molecule has 84 valence electrons. The summed E-state index contributed by atoms with van der Waals surface area (Å²) in [6.07, 6.45) is 2.11. The van der Waals surface area contributed by atoms with Gasteiger partial charge >= 0.3 is 0 Å². The molecular formula is C11H14BrF2N. The molecule has 0 heterocycles. The largest absolute Gasteiger partial charge is 0.313 e. The molecule has 1 N–H and O–H groups in total. The number of hydrogen-bond acceptors (Lipinski definition) is 1. The maximum absolute atomic E-state index is 13.2. The molecule has 1 aromatic rings. The van der Waals surface area contributed by atoms with Crippen LogP contribution in [0.4, 0.5) is 8.78 Å². The van der Waals surface area contributed by atoms with Gasteiger partial charge in [0.25, 0.3) is 0 Å². The smallest absolute Gasteiger partial charge is 0.163 e. The van der Waals surface area contributed by atoms with Crippen LogP contribution in [0, 0.1) is 11.6 Å². The number of halogens is 3. The first-order valence-corrected chi connectivity index (χ1v) is 6.07. The highest BCUT2D eigenvalue weighted by Gasteiger charge is 2.06. The van der Waals surface area contributed by atoms with Crippen LogP contribution in [0.2, 0.25) is 0 Å². The molecule has 1 nitrogen and oxygen atoms in total. The van der Waals surface area contributed by atoms with Crippen molar-refractivity contribution in [3.8, 4) is 0 Å². The molecule has 0 radical (unpaired) electrons. The van der Waals surface area contributed by atoms with Crippen molar-refractivity contribution in [3.05, 3.63) is 35.4 Å². The Hall–Kier alpha value is -0.480. The van der Waals surface area contributed by atoms with Crippen LogP contribution in [0.15, 0.2) is 18.2 Å². The molecule has 0 unspecified atom stereocenters. The predicted molar refractivity (Wildman–Crippen MR) is 61.1 cm³/mol. The van der Waals surface area contributed by atoms with Crippen LogP contribution in [-0.4, -0.2) is 11.9 Å². The van der Waals surface area contributed by atoms with Crippen molar-refractivity contribution in [2.24, 2.45) is 0 Å². The second kappa shape index (κ2) is 6.90. The Bertz CT molecular complexity index is 305. The summed E-state index contributed by atoms with van der Waals surface area (Å²) < 4.78 is 26.0. The minimum absolute atomic E-state index is 0.381. The molecule has 0 bridgehead atoms. The normalized spacial score (nSPS) is 10.6. The van der Waals surface area contributed by atoms with E-state index in [1.54, 1.807) is 6.07 Å². The highest BCUT2D eigenvalue weighted by Crippen LogP contribution is 2.10. The summed E-state index contributed by atoms with van der Waals surface area (Å²) in [5.74, 6) is -1.53. The maximum Gasteiger partial charge on any atom is 0.163 e. The molecule has 0 aliphatic rings. The highest BCUT2D eigenvalue weighted by atomic mass is 79.9. The third-order valence-corrected chi connectivity index (χ3v) is 2.64. The maximum atomic E-state index is 13.2. The Labute approximate surface area is 97.0 Å². The molecule has 1 rings (SSSR count). The first-order chi connectivity index (χ1) is 7.25. The van der Waals surface area contributed by atoms with Gasteiger partial charge in [0.05, 0.1) is 0 Å². The van der Waals surface area contributed by atoms with Gasteiger partial charge in [0.15, 0.2) is 11.6 Å². The van der Waals surface area contributed by atoms with E-state index < -0.39 is 11.6 Å². The van der Waals surface area contributed by atoms with E-state index in [2.05, 4.69) is 21.2 Å². The van der Waals surface area contributed by atoms with E-state index in [1.165, 1.54) is 6.07 Å². The van der Waals surface area contributed by atoms with Crippen molar-refractivity contribution in [2.45, 2.75) is 19.4 Å². The molecular weight excluding hydrogens is 264 g/mol. The molecule has 15 heavy (non-hydrogen) atoms. The summed E-state index contributed by atoms with van der Waals surface area (Å²) in [6, 6.07) is 4.24. The topological polar surface area (TPSA) is 12.0 Å². The van der Waals surface area contributed by atoms with E-state index in [1.807, 2.05) is 0 Å². The van der Waals surface area contributed by atoms with Crippen molar-refractivity contribution < 1.29 is 8.78 Å². The van der Waals surface area contributed by atoms with Gasteiger partial charge in [0.1, 0.15) is 0 Å². The SMILES string of the molecule is Fc1cccc(CNCCCCBr)c1F. The average molecular weight is 278 g/mol. The van der Waals surface area contributed by atoms with Gasteiger partial charge in [-0.25, -0.2) is 8.78 Å². The number of nitrogens with one attached hydrogen (secondary N) is 1. The molecule has 0 aliphatic heterocycles. The Kier molecular flexibility index (Phi) is 5.79. The number of alkyl halides is 1. The minimum atomic E-state index is -0.783. The van der Waals surface area contributed by atoms with Crippen LogP contribution in [0.1, 0.15) is 18.4 Å². The lowest BCUT2D eigenvalue weighted by molar-refractivity contribution is 0.492. The van der Waals surface area contributed by atoms with E-state index in [4.69, 9.17) is 0 Å². The lowest BCUT2D eigenvalue weighted by Gasteiger charge is -2.05. The summed E-state index contributed by atoms with van der Waals surface area (Å²) in [7, 11) is 0. The standard InChI is InChI=1S/C11H14BrF2N/c12-6-1-2-7-15-8-9-4-3-5-10(13)11(9)14/h3-5,15H,1-2,6-8H2. The first kappa shape index (κ1) is 12.6. The lowest BCUT2D eigenvalue weighted by Crippen LogP contribution is -2.16. The second-order valence-corrected chi connectivity index (χ2v) is 4.08. The molecule has 0 spiro atoms. The fourth-order valence-electron chi connectivity index (χ4n) is 1.25. The Morgan fingerprint density at radius 3 is 2.73 bits per heavy atom. The van der Waals surface area contributed by atoms with Crippen molar-refractivity contribution in [3.63, 3.8) is 0 Å². The molecule has 0 aliphatic carbocycles. The van der Waals surface area contributed by atoms with Gasteiger partial charge in [0, 0.05) is 17.4 Å². The third kappa shape index (κ3) is 4.26. The zero-order chi connectivity index (χ0) is 11.1. The Morgan fingerprint density at radius 2 is 2.00 bits per heavy atom. The van der Waals surface area contributed by atoms with Gasteiger partial charge in [-0.3, -0.25) is 0 Å². The molecule has 0 amide bonds.